The molecule has 25 heavy (non-hydrogen) atoms. The Labute approximate surface area is 150 Å². The third-order valence-electron chi connectivity index (χ3n) is 4.93. The van der Waals surface area contributed by atoms with Gasteiger partial charge in [0.15, 0.2) is 17.5 Å². The molecule has 0 aliphatic carbocycles. The first-order valence-electron chi connectivity index (χ1n) is 9.34. The topological polar surface area (TPSA) is 58.1 Å². The van der Waals surface area contributed by atoms with Gasteiger partial charge in [0.25, 0.3) is 0 Å². The Morgan fingerprint density at radius 1 is 1.20 bits per heavy atom. The van der Waals surface area contributed by atoms with E-state index in [-0.39, 0.29) is 0 Å². The number of piperidine rings is 1. The van der Waals surface area contributed by atoms with E-state index in [9.17, 15) is 0 Å². The van der Waals surface area contributed by atoms with Crippen LogP contribution in [0.25, 0.3) is 0 Å². The van der Waals surface area contributed by atoms with Crippen molar-refractivity contribution in [2.24, 2.45) is 10.9 Å². The van der Waals surface area contributed by atoms with E-state index >= 15 is 0 Å². The van der Waals surface area contributed by atoms with Crippen LogP contribution in [-0.2, 0) is 6.54 Å². The maximum Gasteiger partial charge on any atom is 0.231 e. The van der Waals surface area contributed by atoms with Crippen molar-refractivity contribution >= 4 is 5.96 Å². The Balaban J connectivity index is 1.40. The van der Waals surface area contributed by atoms with Crippen LogP contribution in [0.3, 0.4) is 0 Å². The lowest BCUT2D eigenvalue weighted by Gasteiger charge is -2.32. The molecular weight excluding hydrogens is 316 g/mol. The molecule has 0 saturated carbocycles. The van der Waals surface area contributed by atoms with Crippen LogP contribution in [0.2, 0.25) is 0 Å². The fourth-order valence-corrected chi connectivity index (χ4v) is 3.43. The van der Waals surface area contributed by atoms with Crippen molar-refractivity contribution in [3.63, 3.8) is 0 Å². The number of hydrogen-bond donors (Lipinski definition) is 2. The summed E-state index contributed by atoms with van der Waals surface area (Å²) in [6, 6.07) is 6.03. The van der Waals surface area contributed by atoms with Gasteiger partial charge in [-0.05, 0) is 62.5 Å². The van der Waals surface area contributed by atoms with Gasteiger partial charge in [-0.15, -0.1) is 0 Å². The highest BCUT2D eigenvalue weighted by atomic mass is 16.7. The number of benzene rings is 1. The predicted octanol–water partition coefficient (Wildman–Crippen LogP) is 2.20. The minimum Gasteiger partial charge on any atom is -0.454 e. The number of guanidine groups is 1. The van der Waals surface area contributed by atoms with Gasteiger partial charge in [0.1, 0.15) is 0 Å². The molecule has 1 fully saturated rings. The Bertz CT molecular complexity index is 583. The lowest BCUT2D eigenvalue weighted by atomic mass is 9.97. The summed E-state index contributed by atoms with van der Waals surface area (Å²) in [5.74, 6) is 3.23. The summed E-state index contributed by atoms with van der Waals surface area (Å²) in [5.41, 5.74) is 1.15. The Morgan fingerprint density at radius 3 is 2.76 bits per heavy atom. The van der Waals surface area contributed by atoms with Gasteiger partial charge < -0.3 is 25.0 Å². The van der Waals surface area contributed by atoms with Crippen LogP contribution in [0.5, 0.6) is 11.5 Å². The average Bonchev–Trinajstić information content (AvgIpc) is 3.11. The first-order chi connectivity index (χ1) is 12.3. The SMILES string of the molecule is CCCN1CCC(CNC(=NC)NCc2ccc3c(c2)OCO3)CC1. The molecule has 2 N–H and O–H groups in total. The van der Waals surface area contributed by atoms with Gasteiger partial charge in [-0.25, -0.2) is 0 Å². The smallest absolute Gasteiger partial charge is 0.231 e. The molecule has 0 atom stereocenters. The van der Waals surface area contributed by atoms with Gasteiger partial charge in [-0.1, -0.05) is 13.0 Å². The Morgan fingerprint density at radius 2 is 2.00 bits per heavy atom. The average molecular weight is 346 g/mol. The molecule has 0 bridgehead atoms. The lowest BCUT2D eigenvalue weighted by molar-refractivity contribution is 0.174. The Kier molecular flexibility index (Phi) is 6.39. The van der Waals surface area contributed by atoms with Crippen LogP contribution in [-0.4, -0.2) is 50.9 Å². The number of fused-ring (bicyclic) bond motifs is 1. The lowest BCUT2D eigenvalue weighted by Crippen LogP contribution is -2.42. The third kappa shape index (κ3) is 5.01. The first-order valence-corrected chi connectivity index (χ1v) is 9.34. The van der Waals surface area contributed by atoms with Crippen LogP contribution in [0.15, 0.2) is 23.2 Å². The highest BCUT2D eigenvalue weighted by Gasteiger charge is 2.18. The quantitative estimate of drug-likeness (QED) is 0.611. The van der Waals surface area contributed by atoms with Gasteiger partial charge in [0, 0.05) is 20.1 Å². The van der Waals surface area contributed by atoms with Crippen molar-refractivity contribution < 1.29 is 9.47 Å². The van der Waals surface area contributed by atoms with Gasteiger partial charge in [-0.3, -0.25) is 4.99 Å². The molecule has 0 unspecified atom stereocenters. The number of hydrogen-bond acceptors (Lipinski definition) is 4. The van der Waals surface area contributed by atoms with Crippen LogP contribution in [0.4, 0.5) is 0 Å². The number of nitrogens with zero attached hydrogens (tertiary/aromatic N) is 2. The molecule has 2 aliphatic heterocycles. The number of aliphatic imine (C=N–C) groups is 1. The predicted molar refractivity (Wildman–Crippen MR) is 100 cm³/mol. The van der Waals surface area contributed by atoms with Gasteiger partial charge in [-0.2, -0.15) is 0 Å². The largest absolute Gasteiger partial charge is 0.454 e. The van der Waals surface area contributed by atoms with E-state index in [1.54, 1.807) is 0 Å². The molecule has 0 radical (unpaired) electrons. The van der Waals surface area contributed by atoms with Crippen molar-refractivity contribution in [3.8, 4) is 11.5 Å². The summed E-state index contributed by atoms with van der Waals surface area (Å²) in [6.45, 7) is 7.95. The van der Waals surface area contributed by atoms with E-state index in [0.29, 0.717) is 13.3 Å². The number of rotatable bonds is 6. The zero-order chi connectivity index (χ0) is 17.5. The van der Waals surface area contributed by atoms with Gasteiger partial charge in [0.2, 0.25) is 6.79 Å². The zero-order valence-corrected chi connectivity index (χ0v) is 15.4. The van der Waals surface area contributed by atoms with Crippen LogP contribution in [0, 0.1) is 5.92 Å². The maximum absolute atomic E-state index is 5.43. The van der Waals surface area contributed by atoms with E-state index in [0.717, 1.165) is 35.5 Å². The molecule has 6 heteroatoms. The maximum atomic E-state index is 5.43. The van der Waals surface area contributed by atoms with E-state index < -0.39 is 0 Å². The van der Waals surface area contributed by atoms with Crippen LogP contribution in [0.1, 0.15) is 31.7 Å². The standard InChI is InChI=1S/C19H30N4O2/c1-3-8-23-9-6-15(7-10-23)12-21-19(20-2)22-13-16-4-5-17-18(11-16)25-14-24-17/h4-5,11,15H,3,6-10,12-14H2,1-2H3,(H2,20,21,22). The fraction of sp³-hybridized carbons (Fsp3) is 0.632. The summed E-state index contributed by atoms with van der Waals surface area (Å²) >= 11 is 0. The van der Waals surface area contributed by atoms with Crippen molar-refractivity contribution in [1.82, 2.24) is 15.5 Å². The molecule has 6 nitrogen and oxygen atoms in total. The summed E-state index contributed by atoms with van der Waals surface area (Å²) in [4.78, 5) is 6.91. The van der Waals surface area contributed by atoms with E-state index in [1.807, 2.05) is 19.2 Å². The molecule has 2 heterocycles. The molecule has 0 spiro atoms. The van der Waals surface area contributed by atoms with Crippen molar-refractivity contribution in [2.45, 2.75) is 32.7 Å². The molecule has 2 aliphatic rings. The zero-order valence-electron chi connectivity index (χ0n) is 15.4. The number of likely N-dealkylation sites (tertiary alicyclic amines) is 1. The molecular formula is C19H30N4O2. The highest BCUT2D eigenvalue weighted by Crippen LogP contribution is 2.32. The van der Waals surface area contributed by atoms with Gasteiger partial charge in [0.05, 0.1) is 0 Å². The van der Waals surface area contributed by atoms with E-state index in [1.165, 1.54) is 38.9 Å². The van der Waals surface area contributed by atoms with E-state index in [4.69, 9.17) is 9.47 Å². The summed E-state index contributed by atoms with van der Waals surface area (Å²) in [7, 11) is 1.82. The summed E-state index contributed by atoms with van der Waals surface area (Å²) in [6.07, 6.45) is 3.79. The molecule has 1 saturated heterocycles. The summed E-state index contributed by atoms with van der Waals surface area (Å²) in [5, 5.41) is 6.85. The summed E-state index contributed by atoms with van der Waals surface area (Å²) < 4.78 is 10.8. The van der Waals surface area contributed by atoms with Crippen LogP contribution < -0.4 is 20.1 Å². The molecule has 1 aromatic rings. The molecule has 1 aromatic carbocycles. The minimum atomic E-state index is 0.312. The minimum absolute atomic E-state index is 0.312. The Hall–Kier alpha value is -1.95. The second-order valence-electron chi connectivity index (χ2n) is 6.78. The number of nitrogens with one attached hydrogen (secondary N) is 2. The fourth-order valence-electron chi connectivity index (χ4n) is 3.43. The molecule has 3 rings (SSSR count). The monoisotopic (exact) mass is 346 g/mol. The van der Waals surface area contributed by atoms with E-state index in [2.05, 4.69) is 33.5 Å². The van der Waals surface area contributed by atoms with Crippen LogP contribution >= 0.6 is 0 Å². The second kappa shape index (κ2) is 8.94. The molecule has 0 aromatic heterocycles. The van der Waals surface area contributed by atoms with Crippen molar-refractivity contribution in [2.75, 3.05) is 40.0 Å². The van der Waals surface area contributed by atoms with Crippen molar-refractivity contribution in [3.05, 3.63) is 23.8 Å². The van der Waals surface area contributed by atoms with Crippen molar-refractivity contribution in [1.29, 1.82) is 0 Å². The molecule has 0 amide bonds. The third-order valence-corrected chi connectivity index (χ3v) is 4.93. The van der Waals surface area contributed by atoms with Gasteiger partial charge >= 0.3 is 0 Å². The molecule has 138 valence electrons. The first kappa shape index (κ1) is 17.9. The normalized spacial score (nSPS) is 18.4. The second-order valence-corrected chi connectivity index (χ2v) is 6.78. The highest BCUT2D eigenvalue weighted by molar-refractivity contribution is 5.79. The number of ether oxygens (including phenoxy) is 2.